The molecular weight excluding hydrogens is 268 g/mol. The molecule has 0 unspecified atom stereocenters. The molecule has 20 heavy (non-hydrogen) atoms. The van der Waals surface area contributed by atoms with Gasteiger partial charge in [-0.15, -0.1) is 11.8 Å². The summed E-state index contributed by atoms with van der Waals surface area (Å²) in [6.45, 7) is 4.16. The van der Waals surface area contributed by atoms with E-state index in [1.54, 1.807) is 11.8 Å². The Balaban J connectivity index is 2.74. The molecule has 1 N–H and O–H groups in total. The Morgan fingerprint density at radius 2 is 2.05 bits per heavy atom. The number of allylic oxidation sites excluding steroid dienone is 1. The highest BCUT2D eigenvalue weighted by Crippen LogP contribution is 2.34. The summed E-state index contributed by atoms with van der Waals surface area (Å²) in [4.78, 5) is 4.12. The first kappa shape index (κ1) is 16.6. The zero-order chi connectivity index (χ0) is 14.8. The van der Waals surface area contributed by atoms with Crippen molar-refractivity contribution in [3.8, 4) is 0 Å². The van der Waals surface area contributed by atoms with Crippen LogP contribution >= 0.6 is 11.8 Å². The highest BCUT2D eigenvalue weighted by atomic mass is 32.2. The number of thioether (sulfide) groups is 1. The molecule has 0 amide bonds. The standard InChI is InChI=1S/C16H22N2OS/c1-3-4-6-11-16(13(2)15(19)12-18-17)20-14-9-7-5-8-10-14/h5,7-10,12-13,16H,3-4,6,11H2,1-2H3/p+1/b15-12-/t13-,16-/m0/s1. The molecule has 0 saturated heterocycles. The van der Waals surface area contributed by atoms with E-state index in [2.05, 4.69) is 24.0 Å². The summed E-state index contributed by atoms with van der Waals surface area (Å²) in [6, 6.07) is 10.2. The number of diazo groups is 1. The van der Waals surface area contributed by atoms with Crippen molar-refractivity contribution in [2.24, 2.45) is 5.92 Å². The van der Waals surface area contributed by atoms with Crippen molar-refractivity contribution < 1.29 is 5.11 Å². The third-order valence-corrected chi connectivity index (χ3v) is 4.83. The predicted octanol–water partition coefficient (Wildman–Crippen LogP) is 5.62. The van der Waals surface area contributed by atoms with Crippen LogP contribution in [0.3, 0.4) is 0 Å². The number of hydrogen-bond acceptors (Lipinski definition) is 3. The Morgan fingerprint density at radius 3 is 2.65 bits per heavy atom. The Kier molecular flexibility index (Phi) is 7.82. The molecule has 0 heterocycles. The Labute approximate surface area is 125 Å². The number of aliphatic hydroxyl groups is 1. The summed E-state index contributed by atoms with van der Waals surface area (Å²) < 4.78 is 0. The minimum atomic E-state index is -0.0343. The lowest BCUT2D eigenvalue weighted by Crippen LogP contribution is -2.16. The van der Waals surface area contributed by atoms with Gasteiger partial charge in [0.1, 0.15) is 0 Å². The normalized spacial score (nSPS) is 14.6. The molecule has 0 saturated carbocycles. The van der Waals surface area contributed by atoms with Crippen molar-refractivity contribution in [1.29, 1.82) is 5.39 Å². The van der Waals surface area contributed by atoms with Gasteiger partial charge in [0.25, 0.3) is 0 Å². The van der Waals surface area contributed by atoms with Gasteiger partial charge >= 0.3 is 6.20 Å². The van der Waals surface area contributed by atoms with Crippen LogP contribution in [0.25, 0.3) is 4.98 Å². The topological polar surface area (TPSA) is 48.4 Å². The van der Waals surface area contributed by atoms with E-state index < -0.39 is 0 Å². The summed E-state index contributed by atoms with van der Waals surface area (Å²) in [5, 5.41) is 18.7. The smallest absolute Gasteiger partial charge is 0.387 e. The molecule has 108 valence electrons. The van der Waals surface area contributed by atoms with Gasteiger partial charge in [0, 0.05) is 16.1 Å². The van der Waals surface area contributed by atoms with Crippen molar-refractivity contribution >= 4 is 11.8 Å². The van der Waals surface area contributed by atoms with Crippen molar-refractivity contribution in [2.45, 2.75) is 49.7 Å². The third kappa shape index (κ3) is 5.66. The number of aliphatic hydroxyl groups excluding tert-OH is 1. The number of hydrogen-bond donors (Lipinski definition) is 1. The number of benzene rings is 1. The van der Waals surface area contributed by atoms with Gasteiger partial charge in [-0.05, 0) is 18.6 Å². The average molecular weight is 291 g/mol. The highest BCUT2D eigenvalue weighted by Gasteiger charge is 2.23. The molecule has 0 bridgehead atoms. The lowest BCUT2D eigenvalue weighted by atomic mass is 10.0. The lowest BCUT2D eigenvalue weighted by Gasteiger charge is -2.21. The van der Waals surface area contributed by atoms with Gasteiger partial charge in [-0.1, -0.05) is 51.3 Å². The molecule has 0 aliphatic rings. The monoisotopic (exact) mass is 291 g/mol. The lowest BCUT2D eigenvalue weighted by molar-refractivity contribution is 0.330. The van der Waals surface area contributed by atoms with Crippen LogP contribution in [-0.2, 0) is 0 Å². The molecule has 0 radical (unpaired) electrons. The summed E-state index contributed by atoms with van der Waals surface area (Å²) in [5.41, 5.74) is 0. The SMILES string of the molecule is CCCCC[C@H](Sc1ccccc1)[C@@H](C)/C(O)=C/[N+]#N. The van der Waals surface area contributed by atoms with Gasteiger partial charge in [0.2, 0.25) is 5.39 Å². The maximum atomic E-state index is 9.92. The first-order valence-corrected chi connectivity index (χ1v) is 8.02. The van der Waals surface area contributed by atoms with Crippen LogP contribution < -0.4 is 0 Å². The summed E-state index contributed by atoms with van der Waals surface area (Å²) >= 11 is 1.78. The fourth-order valence-corrected chi connectivity index (χ4v) is 3.34. The maximum Gasteiger partial charge on any atom is 0.387 e. The molecule has 3 nitrogen and oxygen atoms in total. The van der Waals surface area contributed by atoms with Gasteiger partial charge in [-0.25, -0.2) is 0 Å². The van der Waals surface area contributed by atoms with Crippen molar-refractivity contribution in [3.63, 3.8) is 0 Å². The number of nitrogens with zero attached hydrogens (tertiary/aromatic N) is 2. The van der Waals surface area contributed by atoms with Crippen molar-refractivity contribution in [2.75, 3.05) is 0 Å². The molecule has 0 spiro atoms. The van der Waals surface area contributed by atoms with Crippen molar-refractivity contribution in [1.82, 2.24) is 0 Å². The Hall–Kier alpha value is -1.47. The summed E-state index contributed by atoms with van der Waals surface area (Å²) in [5.74, 6) is 0.102. The molecule has 1 rings (SSSR count). The largest absolute Gasteiger partial charge is 0.505 e. The van der Waals surface area contributed by atoms with Gasteiger partial charge < -0.3 is 5.11 Å². The number of rotatable bonds is 8. The van der Waals surface area contributed by atoms with Crippen LogP contribution in [0.2, 0.25) is 0 Å². The second-order valence-electron chi connectivity index (χ2n) is 4.92. The minimum Gasteiger partial charge on any atom is -0.505 e. The van der Waals surface area contributed by atoms with E-state index in [0.717, 1.165) is 19.0 Å². The van der Waals surface area contributed by atoms with E-state index in [4.69, 9.17) is 5.39 Å². The molecule has 0 aliphatic carbocycles. The minimum absolute atomic E-state index is 0.0343. The third-order valence-electron chi connectivity index (χ3n) is 3.34. The van der Waals surface area contributed by atoms with Gasteiger partial charge in [0.05, 0.1) is 0 Å². The number of unbranched alkanes of at least 4 members (excludes halogenated alkanes) is 2. The van der Waals surface area contributed by atoms with E-state index in [1.807, 2.05) is 25.1 Å². The molecule has 0 aliphatic heterocycles. The summed E-state index contributed by atoms with van der Waals surface area (Å²) in [7, 11) is 0. The second kappa shape index (κ2) is 9.44. The zero-order valence-corrected chi connectivity index (χ0v) is 13.0. The van der Waals surface area contributed by atoms with Crippen LogP contribution in [0.15, 0.2) is 47.2 Å². The Morgan fingerprint density at radius 1 is 1.35 bits per heavy atom. The average Bonchev–Trinajstić information content (AvgIpc) is 2.47. The van der Waals surface area contributed by atoms with Crippen LogP contribution in [0.1, 0.15) is 39.5 Å². The van der Waals surface area contributed by atoms with E-state index in [-0.39, 0.29) is 16.9 Å². The first-order chi connectivity index (χ1) is 9.69. The molecule has 1 aromatic rings. The van der Waals surface area contributed by atoms with E-state index in [1.165, 1.54) is 17.7 Å². The summed E-state index contributed by atoms with van der Waals surface area (Å²) in [6.07, 6.45) is 5.70. The van der Waals surface area contributed by atoms with Gasteiger partial charge in [-0.2, -0.15) is 0 Å². The van der Waals surface area contributed by atoms with Crippen LogP contribution in [-0.4, -0.2) is 10.4 Å². The van der Waals surface area contributed by atoms with Crippen LogP contribution in [0, 0.1) is 11.3 Å². The quantitative estimate of drug-likeness (QED) is 0.293. The molecule has 0 aromatic heterocycles. The maximum absolute atomic E-state index is 9.92. The van der Waals surface area contributed by atoms with Gasteiger partial charge in [-0.3, -0.25) is 0 Å². The predicted molar refractivity (Wildman–Crippen MR) is 85.2 cm³/mol. The van der Waals surface area contributed by atoms with E-state index in [9.17, 15) is 5.11 Å². The van der Waals surface area contributed by atoms with E-state index in [0.29, 0.717) is 0 Å². The second-order valence-corrected chi connectivity index (χ2v) is 6.24. The van der Waals surface area contributed by atoms with Crippen LogP contribution in [0.4, 0.5) is 0 Å². The highest BCUT2D eigenvalue weighted by molar-refractivity contribution is 8.00. The first-order valence-electron chi connectivity index (χ1n) is 7.14. The zero-order valence-electron chi connectivity index (χ0n) is 12.2. The molecule has 0 fully saturated rings. The molecular formula is C16H23N2OS+. The van der Waals surface area contributed by atoms with Crippen molar-refractivity contribution in [3.05, 3.63) is 47.3 Å². The fraction of sp³-hybridized carbons (Fsp3) is 0.500. The van der Waals surface area contributed by atoms with Crippen LogP contribution in [0.5, 0.6) is 0 Å². The van der Waals surface area contributed by atoms with E-state index >= 15 is 0 Å². The fourth-order valence-electron chi connectivity index (χ4n) is 2.05. The molecule has 4 heteroatoms. The Bertz CT molecular complexity index is 453. The van der Waals surface area contributed by atoms with Gasteiger partial charge in [0.15, 0.2) is 10.7 Å². The molecule has 2 atom stereocenters. The molecule has 1 aromatic carbocycles.